The lowest BCUT2D eigenvalue weighted by Crippen LogP contribution is -2.41. The summed E-state index contributed by atoms with van der Waals surface area (Å²) < 4.78 is 0. The van der Waals surface area contributed by atoms with Gasteiger partial charge in [-0.15, -0.1) is 0 Å². The molecule has 16 heavy (non-hydrogen) atoms. The lowest BCUT2D eigenvalue weighted by atomic mass is 10.1. The van der Waals surface area contributed by atoms with Crippen molar-refractivity contribution >= 4 is 0 Å². The summed E-state index contributed by atoms with van der Waals surface area (Å²) in [6.45, 7) is 5.59. The molecule has 1 saturated heterocycles. The summed E-state index contributed by atoms with van der Waals surface area (Å²) in [5.74, 6) is 0.599. The van der Waals surface area contributed by atoms with E-state index in [-0.39, 0.29) is 0 Å². The average Bonchev–Trinajstić information content (AvgIpc) is 2.31. The molecule has 1 rings (SSSR count). The van der Waals surface area contributed by atoms with Crippen molar-refractivity contribution in [1.29, 1.82) is 5.26 Å². The normalized spacial score (nSPS) is 18.9. The lowest BCUT2D eigenvalue weighted by molar-refractivity contribution is 0.410. The van der Waals surface area contributed by atoms with Gasteiger partial charge in [0.25, 0.3) is 0 Å². The molecular formula is C12H18N4. The highest BCUT2D eigenvalue weighted by Gasteiger charge is 2.11. The quantitative estimate of drug-likeness (QED) is 0.481. The first-order valence-electron chi connectivity index (χ1n) is 5.43. The maximum atomic E-state index is 8.67. The summed E-state index contributed by atoms with van der Waals surface area (Å²) in [4.78, 5) is 0. The van der Waals surface area contributed by atoms with Crippen LogP contribution in [0.2, 0.25) is 0 Å². The van der Waals surface area contributed by atoms with Crippen LogP contribution in [0, 0.1) is 11.3 Å². The molecule has 0 saturated carbocycles. The standard InChI is InChI=1S/C12H18N4/c1-2-10(9-13)3-4-12(14)16-11-5-7-15-8-6-11/h2-4,11,15-16H,1,5-8,14H2/b10-3+,12-4+. The van der Waals surface area contributed by atoms with Crippen molar-refractivity contribution in [2.75, 3.05) is 13.1 Å². The van der Waals surface area contributed by atoms with Crippen LogP contribution in [0.15, 0.2) is 36.2 Å². The second-order valence-electron chi connectivity index (χ2n) is 3.73. The monoisotopic (exact) mass is 218 g/mol. The molecule has 0 aromatic rings. The molecule has 4 N–H and O–H groups in total. The van der Waals surface area contributed by atoms with Crippen LogP contribution >= 0.6 is 0 Å². The van der Waals surface area contributed by atoms with Crippen molar-refractivity contribution in [3.8, 4) is 6.07 Å². The third-order valence-electron chi connectivity index (χ3n) is 2.50. The van der Waals surface area contributed by atoms with E-state index in [0.717, 1.165) is 25.9 Å². The topological polar surface area (TPSA) is 73.9 Å². The third-order valence-corrected chi connectivity index (χ3v) is 2.50. The Hall–Kier alpha value is -1.73. The Labute approximate surface area is 96.5 Å². The van der Waals surface area contributed by atoms with E-state index in [1.54, 1.807) is 12.2 Å². The van der Waals surface area contributed by atoms with Crippen molar-refractivity contribution < 1.29 is 0 Å². The third kappa shape index (κ3) is 4.20. The molecule has 4 nitrogen and oxygen atoms in total. The van der Waals surface area contributed by atoms with Gasteiger partial charge in [0.15, 0.2) is 0 Å². The zero-order valence-electron chi connectivity index (χ0n) is 9.37. The van der Waals surface area contributed by atoms with Crippen LogP contribution in [0.1, 0.15) is 12.8 Å². The van der Waals surface area contributed by atoms with E-state index in [0.29, 0.717) is 17.4 Å². The van der Waals surface area contributed by atoms with E-state index >= 15 is 0 Å². The smallest absolute Gasteiger partial charge is 0.0991 e. The van der Waals surface area contributed by atoms with E-state index in [1.165, 1.54) is 6.08 Å². The second kappa shape index (κ2) is 6.70. The number of hydrogen-bond acceptors (Lipinski definition) is 4. The van der Waals surface area contributed by atoms with Gasteiger partial charge in [0.05, 0.1) is 17.5 Å². The highest BCUT2D eigenvalue weighted by molar-refractivity contribution is 5.35. The first-order valence-corrected chi connectivity index (χ1v) is 5.43. The Bertz CT molecular complexity index is 329. The van der Waals surface area contributed by atoms with Crippen LogP contribution in [-0.4, -0.2) is 19.1 Å². The first kappa shape index (κ1) is 12.3. The fourth-order valence-electron chi connectivity index (χ4n) is 1.58. The summed E-state index contributed by atoms with van der Waals surface area (Å²) in [6.07, 6.45) is 7.03. The van der Waals surface area contributed by atoms with E-state index in [9.17, 15) is 0 Å². The van der Waals surface area contributed by atoms with Gasteiger partial charge in [0, 0.05) is 6.04 Å². The minimum Gasteiger partial charge on any atom is -0.386 e. The fraction of sp³-hybridized carbons (Fsp3) is 0.417. The summed E-state index contributed by atoms with van der Waals surface area (Å²) in [7, 11) is 0. The number of nitrogens with two attached hydrogens (primary N) is 1. The summed E-state index contributed by atoms with van der Waals surface area (Å²) in [5, 5.41) is 15.2. The Morgan fingerprint density at radius 2 is 2.12 bits per heavy atom. The summed E-state index contributed by atoms with van der Waals surface area (Å²) in [6, 6.07) is 2.45. The molecule has 1 fully saturated rings. The zero-order chi connectivity index (χ0) is 11.8. The molecule has 0 atom stereocenters. The number of allylic oxidation sites excluding steroid dienone is 4. The zero-order valence-corrected chi connectivity index (χ0v) is 9.37. The highest BCUT2D eigenvalue weighted by atomic mass is 15.0. The molecule has 0 aromatic heterocycles. The Morgan fingerprint density at radius 1 is 1.44 bits per heavy atom. The average molecular weight is 218 g/mol. The lowest BCUT2D eigenvalue weighted by Gasteiger charge is -2.24. The molecule has 0 bridgehead atoms. The van der Waals surface area contributed by atoms with Gasteiger partial charge in [-0.1, -0.05) is 12.7 Å². The molecule has 0 radical (unpaired) electrons. The van der Waals surface area contributed by atoms with E-state index < -0.39 is 0 Å². The molecule has 0 aliphatic carbocycles. The largest absolute Gasteiger partial charge is 0.386 e. The summed E-state index contributed by atoms with van der Waals surface area (Å²) >= 11 is 0. The van der Waals surface area contributed by atoms with Crippen LogP contribution in [0.25, 0.3) is 0 Å². The van der Waals surface area contributed by atoms with Gasteiger partial charge in [0.1, 0.15) is 0 Å². The van der Waals surface area contributed by atoms with Crippen molar-refractivity contribution in [2.45, 2.75) is 18.9 Å². The second-order valence-corrected chi connectivity index (χ2v) is 3.73. The summed E-state index contributed by atoms with van der Waals surface area (Å²) in [5.41, 5.74) is 6.31. The van der Waals surface area contributed by atoms with Gasteiger partial charge in [-0.05, 0) is 38.1 Å². The number of nitrogens with zero attached hydrogens (tertiary/aromatic N) is 1. The van der Waals surface area contributed by atoms with Gasteiger partial charge < -0.3 is 16.4 Å². The number of hydrogen-bond donors (Lipinski definition) is 3. The molecule has 1 aliphatic heterocycles. The van der Waals surface area contributed by atoms with Crippen LogP contribution in [0.5, 0.6) is 0 Å². The minimum absolute atomic E-state index is 0.431. The predicted molar refractivity (Wildman–Crippen MR) is 65.2 cm³/mol. The SMILES string of the molecule is C=C/C(C#N)=C\C=C(/N)NC1CCNCC1. The van der Waals surface area contributed by atoms with E-state index in [4.69, 9.17) is 11.0 Å². The molecule has 0 spiro atoms. The fourth-order valence-corrected chi connectivity index (χ4v) is 1.58. The van der Waals surface area contributed by atoms with Gasteiger partial charge in [-0.2, -0.15) is 5.26 Å². The van der Waals surface area contributed by atoms with Crippen LogP contribution < -0.4 is 16.4 Å². The highest BCUT2D eigenvalue weighted by Crippen LogP contribution is 2.03. The predicted octanol–water partition coefficient (Wildman–Crippen LogP) is 0.764. The van der Waals surface area contributed by atoms with E-state index in [2.05, 4.69) is 17.2 Å². The Morgan fingerprint density at radius 3 is 2.69 bits per heavy atom. The van der Waals surface area contributed by atoms with Crippen molar-refractivity contribution in [1.82, 2.24) is 10.6 Å². The molecule has 0 amide bonds. The van der Waals surface area contributed by atoms with Crippen molar-refractivity contribution in [2.24, 2.45) is 5.73 Å². The Balaban J connectivity index is 2.47. The van der Waals surface area contributed by atoms with E-state index in [1.807, 2.05) is 6.07 Å². The molecule has 4 heteroatoms. The van der Waals surface area contributed by atoms with Crippen molar-refractivity contribution in [3.63, 3.8) is 0 Å². The number of nitrogens with one attached hydrogen (secondary N) is 2. The number of piperidine rings is 1. The number of nitriles is 1. The molecular weight excluding hydrogens is 200 g/mol. The van der Waals surface area contributed by atoms with Crippen molar-refractivity contribution in [3.05, 3.63) is 36.2 Å². The van der Waals surface area contributed by atoms with Gasteiger partial charge in [-0.3, -0.25) is 0 Å². The Kier molecular flexibility index (Phi) is 5.17. The molecule has 1 aliphatic rings. The van der Waals surface area contributed by atoms with Crippen LogP contribution in [-0.2, 0) is 0 Å². The van der Waals surface area contributed by atoms with Gasteiger partial charge in [-0.25, -0.2) is 0 Å². The minimum atomic E-state index is 0.431. The van der Waals surface area contributed by atoms with Crippen LogP contribution in [0.4, 0.5) is 0 Å². The molecule has 86 valence electrons. The van der Waals surface area contributed by atoms with Crippen LogP contribution in [0.3, 0.4) is 0 Å². The molecule has 0 aromatic carbocycles. The molecule has 1 heterocycles. The number of rotatable bonds is 4. The first-order chi connectivity index (χ1) is 7.76. The maximum absolute atomic E-state index is 8.67. The van der Waals surface area contributed by atoms with Gasteiger partial charge in [0.2, 0.25) is 0 Å². The molecule has 0 unspecified atom stereocenters. The van der Waals surface area contributed by atoms with Gasteiger partial charge >= 0.3 is 0 Å². The maximum Gasteiger partial charge on any atom is 0.0991 e.